The lowest BCUT2D eigenvalue weighted by molar-refractivity contribution is 0.405. The molecule has 5 nitrogen and oxygen atoms in total. The van der Waals surface area contributed by atoms with Crippen LogP contribution in [-0.2, 0) is 0 Å². The zero-order valence-electron chi connectivity index (χ0n) is 16.0. The molecule has 0 aliphatic carbocycles. The second-order valence-electron chi connectivity index (χ2n) is 7.15. The molecule has 0 unspecified atom stereocenters. The van der Waals surface area contributed by atoms with Crippen molar-refractivity contribution in [2.24, 2.45) is 0 Å². The van der Waals surface area contributed by atoms with Crippen LogP contribution >= 0.6 is 0 Å². The Labute approximate surface area is 159 Å². The molecule has 0 spiro atoms. The molecule has 4 rings (SSSR count). The van der Waals surface area contributed by atoms with Gasteiger partial charge in [0.1, 0.15) is 11.4 Å². The minimum atomic E-state index is 0.611. The average molecular weight is 360 g/mol. The molecule has 0 saturated heterocycles. The highest BCUT2D eigenvalue weighted by Gasteiger charge is 2.13. The van der Waals surface area contributed by atoms with Crippen molar-refractivity contribution in [3.63, 3.8) is 0 Å². The van der Waals surface area contributed by atoms with Crippen LogP contribution in [0.15, 0.2) is 52.9 Å². The van der Waals surface area contributed by atoms with Crippen LogP contribution in [0.1, 0.15) is 12.0 Å². The van der Waals surface area contributed by atoms with Gasteiger partial charge in [0.2, 0.25) is 0 Å². The van der Waals surface area contributed by atoms with E-state index in [1.165, 1.54) is 5.56 Å². The highest BCUT2D eigenvalue weighted by molar-refractivity contribution is 5.91. The molecule has 2 aromatic heterocycles. The van der Waals surface area contributed by atoms with Crippen LogP contribution in [0.5, 0.6) is 0 Å². The predicted octanol–water partition coefficient (Wildman–Crippen LogP) is 4.72. The normalized spacial score (nSPS) is 11.6. The van der Waals surface area contributed by atoms with Gasteiger partial charge in [-0.2, -0.15) is 0 Å². The lowest BCUT2D eigenvalue weighted by Gasteiger charge is -2.12. The van der Waals surface area contributed by atoms with Crippen LogP contribution < -0.4 is 5.32 Å². The van der Waals surface area contributed by atoms with Gasteiger partial charge in [-0.1, -0.05) is 24.3 Å². The number of aryl methyl sites for hydroxylation is 1. The molecule has 27 heavy (non-hydrogen) atoms. The number of fused-ring (bicyclic) bond motifs is 2. The van der Waals surface area contributed by atoms with E-state index >= 15 is 0 Å². The van der Waals surface area contributed by atoms with Crippen molar-refractivity contribution in [2.45, 2.75) is 13.3 Å². The van der Waals surface area contributed by atoms with Crippen molar-refractivity contribution in [3.05, 3.63) is 54.1 Å². The largest absolute Gasteiger partial charge is 0.453 e. The van der Waals surface area contributed by atoms with E-state index in [2.05, 4.69) is 49.4 Å². The first-order valence-corrected chi connectivity index (χ1v) is 9.26. The molecule has 0 aliphatic rings. The average Bonchev–Trinajstić information content (AvgIpc) is 3.08. The number of nitrogens with one attached hydrogen (secondary N) is 1. The molecule has 0 atom stereocenters. The highest BCUT2D eigenvalue weighted by atomic mass is 16.3. The molecule has 0 bridgehead atoms. The number of benzene rings is 2. The first kappa shape index (κ1) is 17.5. The molecule has 5 heteroatoms. The Hall–Kier alpha value is -2.92. The maximum Gasteiger partial charge on any atom is 0.198 e. The Morgan fingerprint density at radius 2 is 1.89 bits per heavy atom. The van der Waals surface area contributed by atoms with Gasteiger partial charge in [0, 0.05) is 17.3 Å². The molecular weight excluding hydrogens is 336 g/mol. The second-order valence-corrected chi connectivity index (χ2v) is 7.15. The van der Waals surface area contributed by atoms with Gasteiger partial charge in [0.25, 0.3) is 0 Å². The Morgan fingerprint density at radius 3 is 2.70 bits per heavy atom. The molecule has 0 saturated carbocycles. The summed E-state index contributed by atoms with van der Waals surface area (Å²) in [5.74, 6) is 2.16. The molecule has 1 N–H and O–H groups in total. The van der Waals surface area contributed by atoms with Crippen molar-refractivity contribution in [3.8, 4) is 11.6 Å². The number of para-hydroxylation sites is 1. The quantitative estimate of drug-likeness (QED) is 0.505. The van der Waals surface area contributed by atoms with Gasteiger partial charge in [-0.3, -0.25) is 0 Å². The van der Waals surface area contributed by atoms with Gasteiger partial charge in [-0.15, -0.1) is 0 Å². The van der Waals surface area contributed by atoms with Crippen LogP contribution in [0.25, 0.3) is 33.5 Å². The standard InChI is InChI=1S/C22H24N4O/c1-15-9-10-17-18(13-15)24-22(25-21(17)23-11-6-12-26(2)3)20-14-16-7-4-5-8-19(16)27-20/h4-5,7-10,13-14H,6,11-12H2,1-3H3,(H,23,24,25). The van der Waals surface area contributed by atoms with Crippen LogP contribution in [0, 0.1) is 6.92 Å². The lowest BCUT2D eigenvalue weighted by Crippen LogP contribution is -2.16. The highest BCUT2D eigenvalue weighted by Crippen LogP contribution is 2.29. The maximum atomic E-state index is 5.99. The van der Waals surface area contributed by atoms with Crippen LogP contribution in [0.2, 0.25) is 0 Å². The molecule has 2 aromatic carbocycles. The zero-order valence-corrected chi connectivity index (χ0v) is 16.0. The fraction of sp³-hybridized carbons (Fsp3) is 0.273. The molecule has 0 fully saturated rings. The number of hydrogen-bond acceptors (Lipinski definition) is 5. The van der Waals surface area contributed by atoms with Crippen LogP contribution in [0.4, 0.5) is 5.82 Å². The molecule has 4 aromatic rings. The molecule has 0 aliphatic heterocycles. The SMILES string of the molecule is Cc1ccc2c(NCCCN(C)C)nc(-c3cc4ccccc4o3)nc2c1. The van der Waals surface area contributed by atoms with E-state index in [0.717, 1.165) is 47.2 Å². The number of furan rings is 1. The first-order valence-electron chi connectivity index (χ1n) is 9.26. The van der Waals surface area contributed by atoms with Crippen molar-refractivity contribution in [1.82, 2.24) is 14.9 Å². The number of anilines is 1. The van der Waals surface area contributed by atoms with Crippen molar-refractivity contribution < 1.29 is 4.42 Å². The molecular formula is C22H24N4O. The Bertz CT molecular complexity index is 1050. The Morgan fingerprint density at radius 1 is 1.04 bits per heavy atom. The predicted molar refractivity (Wildman–Crippen MR) is 111 cm³/mol. The van der Waals surface area contributed by atoms with Crippen LogP contribution in [0.3, 0.4) is 0 Å². The smallest absolute Gasteiger partial charge is 0.198 e. The second kappa shape index (κ2) is 7.37. The van der Waals surface area contributed by atoms with E-state index < -0.39 is 0 Å². The van der Waals surface area contributed by atoms with Crippen molar-refractivity contribution in [2.75, 3.05) is 32.5 Å². The molecule has 0 amide bonds. The third-order valence-corrected chi connectivity index (χ3v) is 4.57. The van der Waals surface area contributed by atoms with Gasteiger partial charge >= 0.3 is 0 Å². The minimum Gasteiger partial charge on any atom is -0.453 e. The maximum absolute atomic E-state index is 5.99. The zero-order chi connectivity index (χ0) is 18.8. The monoisotopic (exact) mass is 360 g/mol. The summed E-state index contributed by atoms with van der Waals surface area (Å²) in [5.41, 5.74) is 2.95. The third kappa shape index (κ3) is 3.78. The van der Waals surface area contributed by atoms with Gasteiger partial charge in [0.15, 0.2) is 11.6 Å². The third-order valence-electron chi connectivity index (χ3n) is 4.57. The topological polar surface area (TPSA) is 54.2 Å². The first-order chi connectivity index (χ1) is 13.1. The molecule has 0 radical (unpaired) electrons. The summed E-state index contributed by atoms with van der Waals surface area (Å²) in [6.45, 7) is 3.97. The van der Waals surface area contributed by atoms with E-state index in [1.54, 1.807) is 0 Å². The summed E-state index contributed by atoms with van der Waals surface area (Å²) in [5, 5.41) is 5.58. The van der Waals surface area contributed by atoms with Crippen molar-refractivity contribution in [1.29, 1.82) is 0 Å². The number of nitrogens with zero attached hydrogens (tertiary/aromatic N) is 3. The number of aromatic nitrogens is 2. The van der Waals surface area contributed by atoms with Crippen LogP contribution in [-0.4, -0.2) is 42.1 Å². The number of rotatable bonds is 6. The van der Waals surface area contributed by atoms with Gasteiger partial charge < -0.3 is 14.6 Å². The summed E-state index contributed by atoms with van der Waals surface area (Å²) in [6.07, 6.45) is 1.05. The summed E-state index contributed by atoms with van der Waals surface area (Å²) < 4.78 is 5.99. The molecule has 2 heterocycles. The summed E-state index contributed by atoms with van der Waals surface area (Å²) in [6, 6.07) is 16.2. The lowest BCUT2D eigenvalue weighted by atomic mass is 10.1. The summed E-state index contributed by atoms with van der Waals surface area (Å²) in [4.78, 5) is 11.7. The summed E-state index contributed by atoms with van der Waals surface area (Å²) >= 11 is 0. The Balaban J connectivity index is 1.74. The fourth-order valence-electron chi connectivity index (χ4n) is 3.18. The van der Waals surface area contributed by atoms with Gasteiger partial charge in [-0.05, 0) is 63.8 Å². The number of hydrogen-bond donors (Lipinski definition) is 1. The van der Waals surface area contributed by atoms with Crippen molar-refractivity contribution >= 4 is 27.7 Å². The summed E-state index contributed by atoms with van der Waals surface area (Å²) in [7, 11) is 4.17. The molecule has 138 valence electrons. The van der Waals surface area contributed by atoms with E-state index in [9.17, 15) is 0 Å². The minimum absolute atomic E-state index is 0.611. The Kier molecular flexibility index (Phi) is 4.77. The van der Waals surface area contributed by atoms with E-state index in [4.69, 9.17) is 14.4 Å². The van der Waals surface area contributed by atoms with Gasteiger partial charge in [0.05, 0.1) is 5.52 Å². The fourth-order valence-corrected chi connectivity index (χ4v) is 3.18. The van der Waals surface area contributed by atoms with E-state index in [-0.39, 0.29) is 0 Å². The van der Waals surface area contributed by atoms with E-state index in [1.807, 2.05) is 30.3 Å². The van der Waals surface area contributed by atoms with E-state index in [0.29, 0.717) is 11.6 Å². The van der Waals surface area contributed by atoms with Gasteiger partial charge in [-0.25, -0.2) is 9.97 Å².